The van der Waals surface area contributed by atoms with Gasteiger partial charge in [-0.1, -0.05) is 17.7 Å². The largest absolute Gasteiger partial charge is 0.389 e. The summed E-state index contributed by atoms with van der Waals surface area (Å²) in [6.07, 6.45) is 3.19. The summed E-state index contributed by atoms with van der Waals surface area (Å²) in [5.74, 6) is 0. The average Bonchev–Trinajstić information content (AvgIpc) is 1.80. The van der Waals surface area contributed by atoms with Gasteiger partial charge in [0, 0.05) is 0 Å². The van der Waals surface area contributed by atoms with E-state index in [2.05, 4.69) is 6.58 Å². The Kier molecular flexibility index (Phi) is 4.21. The molecule has 0 aliphatic heterocycles. The minimum absolute atomic E-state index is 0.533. The summed E-state index contributed by atoms with van der Waals surface area (Å²) in [6.45, 7) is 8.87. The first-order valence-electron chi connectivity index (χ1n) is 4.05. The third kappa shape index (κ3) is 7.51. The second-order valence-electron chi connectivity index (χ2n) is 3.74. The molecule has 0 aromatic rings. The molecular weight excluding hydrogens is 152 g/mol. The van der Waals surface area contributed by atoms with E-state index < -0.39 is 11.7 Å². The minimum atomic E-state index is -0.851. The average molecular weight is 170 g/mol. The van der Waals surface area contributed by atoms with E-state index in [9.17, 15) is 10.2 Å². The van der Waals surface area contributed by atoms with E-state index in [1.54, 1.807) is 26.0 Å². The van der Waals surface area contributed by atoms with Crippen LogP contribution in [0.4, 0.5) is 0 Å². The first kappa shape index (κ1) is 11.4. The second-order valence-corrected chi connectivity index (χ2v) is 3.74. The van der Waals surface area contributed by atoms with Crippen LogP contribution in [0.2, 0.25) is 0 Å². The molecule has 0 radical (unpaired) electrons. The molecular formula is C10H18O2. The fourth-order valence-electron chi connectivity index (χ4n) is 0.772. The van der Waals surface area contributed by atoms with E-state index in [1.807, 2.05) is 6.92 Å². The zero-order chi connectivity index (χ0) is 9.78. The molecule has 0 bridgehead atoms. The molecule has 0 amide bonds. The molecule has 0 saturated carbocycles. The number of aliphatic hydroxyl groups is 2. The topological polar surface area (TPSA) is 40.5 Å². The Morgan fingerprint density at radius 1 is 1.58 bits per heavy atom. The van der Waals surface area contributed by atoms with Crippen LogP contribution < -0.4 is 0 Å². The summed E-state index contributed by atoms with van der Waals surface area (Å²) in [7, 11) is 0. The van der Waals surface area contributed by atoms with Crippen molar-refractivity contribution in [1.29, 1.82) is 0 Å². The lowest BCUT2D eigenvalue weighted by Gasteiger charge is -2.12. The standard InChI is InChI=1S/C10H18O2/c1-8(2)7-9(11)5-6-10(3,4)12/h5-6,9,11-12H,1,7H2,2-4H3. The molecule has 0 aliphatic carbocycles. The van der Waals surface area contributed by atoms with Gasteiger partial charge in [0.25, 0.3) is 0 Å². The molecule has 1 atom stereocenters. The zero-order valence-corrected chi connectivity index (χ0v) is 8.04. The maximum atomic E-state index is 9.32. The van der Waals surface area contributed by atoms with Crippen LogP contribution >= 0.6 is 0 Å². The monoisotopic (exact) mass is 170 g/mol. The normalized spacial score (nSPS) is 15.1. The van der Waals surface area contributed by atoms with Crippen molar-refractivity contribution in [3.05, 3.63) is 24.3 Å². The number of aliphatic hydroxyl groups excluding tert-OH is 1. The van der Waals surface area contributed by atoms with E-state index in [0.717, 1.165) is 5.57 Å². The Hall–Kier alpha value is -0.600. The zero-order valence-electron chi connectivity index (χ0n) is 8.04. The van der Waals surface area contributed by atoms with Gasteiger partial charge in [-0.25, -0.2) is 0 Å². The third-order valence-electron chi connectivity index (χ3n) is 1.28. The van der Waals surface area contributed by atoms with Gasteiger partial charge in [-0.2, -0.15) is 0 Å². The molecule has 70 valence electrons. The van der Waals surface area contributed by atoms with Gasteiger partial charge < -0.3 is 10.2 Å². The molecule has 0 fully saturated rings. The van der Waals surface area contributed by atoms with Gasteiger partial charge in [0.15, 0.2) is 0 Å². The van der Waals surface area contributed by atoms with E-state index in [4.69, 9.17) is 0 Å². The van der Waals surface area contributed by atoms with Crippen LogP contribution in [0, 0.1) is 0 Å². The maximum Gasteiger partial charge on any atom is 0.0772 e. The summed E-state index contributed by atoms with van der Waals surface area (Å²) >= 11 is 0. The van der Waals surface area contributed by atoms with Crippen LogP contribution in [0.15, 0.2) is 24.3 Å². The fraction of sp³-hybridized carbons (Fsp3) is 0.600. The van der Waals surface area contributed by atoms with Gasteiger partial charge in [-0.05, 0) is 27.2 Å². The molecule has 0 aromatic carbocycles. The van der Waals surface area contributed by atoms with Gasteiger partial charge in [-0.3, -0.25) is 0 Å². The fourth-order valence-corrected chi connectivity index (χ4v) is 0.772. The Morgan fingerprint density at radius 2 is 2.08 bits per heavy atom. The molecule has 0 saturated heterocycles. The van der Waals surface area contributed by atoms with Crippen LogP contribution in [0.5, 0.6) is 0 Å². The molecule has 0 aliphatic rings. The lowest BCUT2D eigenvalue weighted by Crippen LogP contribution is -2.15. The highest BCUT2D eigenvalue weighted by Crippen LogP contribution is 2.07. The predicted molar refractivity (Wildman–Crippen MR) is 50.9 cm³/mol. The van der Waals surface area contributed by atoms with Crippen molar-refractivity contribution in [1.82, 2.24) is 0 Å². The molecule has 0 aromatic heterocycles. The van der Waals surface area contributed by atoms with Crippen LogP contribution in [0.25, 0.3) is 0 Å². The van der Waals surface area contributed by atoms with Gasteiger partial charge >= 0.3 is 0 Å². The first-order chi connectivity index (χ1) is 5.31. The summed E-state index contributed by atoms with van der Waals surface area (Å²) in [4.78, 5) is 0. The Bertz CT molecular complexity index is 175. The maximum absolute atomic E-state index is 9.32. The Balaban J connectivity index is 3.91. The number of hydrogen-bond acceptors (Lipinski definition) is 2. The van der Waals surface area contributed by atoms with Gasteiger partial charge in [0.2, 0.25) is 0 Å². The van der Waals surface area contributed by atoms with E-state index in [0.29, 0.717) is 6.42 Å². The van der Waals surface area contributed by atoms with Gasteiger partial charge in [0.05, 0.1) is 11.7 Å². The van der Waals surface area contributed by atoms with Crippen molar-refractivity contribution in [3.8, 4) is 0 Å². The molecule has 2 nitrogen and oxygen atoms in total. The van der Waals surface area contributed by atoms with Crippen molar-refractivity contribution in [2.75, 3.05) is 0 Å². The van der Waals surface area contributed by atoms with Gasteiger partial charge in [-0.15, -0.1) is 6.58 Å². The van der Waals surface area contributed by atoms with E-state index in [-0.39, 0.29) is 0 Å². The predicted octanol–water partition coefficient (Wildman–Crippen LogP) is 1.64. The lowest BCUT2D eigenvalue weighted by molar-refractivity contribution is 0.130. The first-order valence-corrected chi connectivity index (χ1v) is 4.05. The highest BCUT2D eigenvalue weighted by atomic mass is 16.3. The highest BCUT2D eigenvalue weighted by Gasteiger charge is 2.07. The van der Waals surface area contributed by atoms with E-state index >= 15 is 0 Å². The van der Waals surface area contributed by atoms with Crippen molar-refractivity contribution < 1.29 is 10.2 Å². The lowest BCUT2D eigenvalue weighted by atomic mass is 10.1. The minimum Gasteiger partial charge on any atom is -0.389 e. The third-order valence-corrected chi connectivity index (χ3v) is 1.28. The van der Waals surface area contributed by atoms with Crippen molar-refractivity contribution in [2.24, 2.45) is 0 Å². The molecule has 0 rings (SSSR count). The van der Waals surface area contributed by atoms with Crippen molar-refractivity contribution in [2.45, 2.75) is 38.9 Å². The van der Waals surface area contributed by atoms with Gasteiger partial charge in [0.1, 0.15) is 0 Å². The SMILES string of the molecule is C=C(C)CC(O)C=CC(C)(C)O. The second kappa shape index (κ2) is 4.43. The summed E-state index contributed by atoms with van der Waals surface area (Å²) < 4.78 is 0. The highest BCUT2D eigenvalue weighted by molar-refractivity contribution is 5.03. The molecule has 0 spiro atoms. The Morgan fingerprint density at radius 3 is 2.42 bits per heavy atom. The number of hydrogen-bond donors (Lipinski definition) is 2. The summed E-state index contributed by atoms with van der Waals surface area (Å²) in [6, 6.07) is 0. The quantitative estimate of drug-likeness (QED) is 0.630. The van der Waals surface area contributed by atoms with Crippen LogP contribution in [0.1, 0.15) is 27.2 Å². The molecule has 12 heavy (non-hydrogen) atoms. The molecule has 1 unspecified atom stereocenters. The Labute approximate surface area is 74.2 Å². The molecule has 2 heteroatoms. The van der Waals surface area contributed by atoms with E-state index in [1.165, 1.54) is 0 Å². The van der Waals surface area contributed by atoms with Crippen LogP contribution in [0.3, 0.4) is 0 Å². The number of rotatable bonds is 4. The van der Waals surface area contributed by atoms with Crippen molar-refractivity contribution in [3.63, 3.8) is 0 Å². The van der Waals surface area contributed by atoms with Crippen LogP contribution in [-0.4, -0.2) is 21.9 Å². The van der Waals surface area contributed by atoms with Crippen LogP contribution in [-0.2, 0) is 0 Å². The summed E-state index contributed by atoms with van der Waals surface area (Å²) in [5, 5.41) is 18.6. The van der Waals surface area contributed by atoms with Crippen molar-refractivity contribution >= 4 is 0 Å². The molecule has 0 heterocycles. The summed E-state index contributed by atoms with van der Waals surface area (Å²) in [5.41, 5.74) is 0.0821. The molecule has 2 N–H and O–H groups in total. The smallest absolute Gasteiger partial charge is 0.0772 e.